The number of ether oxygens (including phenoxy) is 1. The number of anilines is 1. The zero-order valence-corrected chi connectivity index (χ0v) is 11.9. The van der Waals surface area contributed by atoms with Gasteiger partial charge in [-0.3, -0.25) is 0 Å². The molecule has 0 amide bonds. The predicted octanol–water partition coefficient (Wildman–Crippen LogP) is 3.87. The number of rotatable bonds is 3. The molecular formula is C15H22N2O2. The Morgan fingerprint density at radius 2 is 1.84 bits per heavy atom. The van der Waals surface area contributed by atoms with Gasteiger partial charge < -0.3 is 9.64 Å². The van der Waals surface area contributed by atoms with Crippen molar-refractivity contribution in [2.45, 2.75) is 45.3 Å². The van der Waals surface area contributed by atoms with E-state index >= 15 is 0 Å². The summed E-state index contributed by atoms with van der Waals surface area (Å²) in [5.41, 5.74) is 1.37. The summed E-state index contributed by atoms with van der Waals surface area (Å²) in [6, 6.07) is 7.51. The van der Waals surface area contributed by atoms with E-state index in [1.54, 1.807) is 6.07 Å². The fourth-order valence-corrected chi connectivity index (χ4v) is 2.52. The molecule has 4 heteroatoms. The van der Waals surface area contributed by atoms with Crippen molar-refractivity contribution in [3.8, 4) is 0 Å². The monoisotopic (exact) mass is 262 g/mol. The molecule has 0 bridgehead atoms. The van der Waals surface area contributed by atoms with Gasteiger partial charge >= 0.3 is 0 Å². The molecule has 0 unspecified atom stereocenters. The van der Waals surface area contributed by atoms with Crippen LogP contribution < -0.4 is 4.90 Å². The molecule has 104 valence electrons. The minimum absolute atomic E-state index is 0.0882. The molecule has 0 aliphatic carbocycles. The Hall–Kier alpha value is -1.42. The first-order chi connectivity index (χ1) is 8.99. The molecule has 1 heterocycles. The summed E-state index contributed by atoms with van der Waals surface area (Å²) in [5.74, 6) is 0. The molecule has 1 aromatic rings. The van der Waals surface area contributed by atoms with Gasteiger partial charge in [0.25, 0.3) is 0 Å². The van der Waals surface area contributed by atoms with Crippen molar-refractivity contribution >= 4 is 11.4 Å². The summed E-state index contributed by atoms with van der Waals surface area (Å²) in [6.45, 7) is 8.08. The van der Waals surface area contributed by atoms with Crippen LogP contribution in [0.25, 0.3) is 0 Å². The third-order valence-electron chi connectivity index (χ3n) is 3.28. The van der Waals surface area contributed by atoms with Gasteiger partial charge in [0, 0.05) is 13.1 Å². The van der Waals surface area contributed by atoms with Crippen LogP contribution in [0.3, 0.4) is 0 Å². The van der Waals surface area contributed by atoms with E-state index in [1.165, 1.54) is 0 Å². The minimum atomic E-state index is -0.0882. The van der Waals surface area contributed by atoms with E-state index in [9.17, 15) is 4.91 Å². The van der Waals surface area contributed by atoms with E-state index in [0.717, 1.165) is 31.6 Å². The second-order valence-electron chi connectivity index (χ2n) is 6.00. The molecule has 0 radical (unpaired) electrons. The van der Waals surface area contributed by atoms with Crippen LogP contribution in [0.15, 0.2) is 29.4 Å². The SMILES string of the molecule is CC(C)(C)OC1CCN(c2ccccc2N=O)CC1. The van der Waals surface area contributed by atoms with Crippen molar-refractivity contribution in [3.63, 3.8) is 0 Å². The highest BCUT2D eigenvalue weighted by atomic mass is 16.5. The van der Waals surface area contributed by atoms with E-state index in [-0.39, 0.29) is 5.60 Å². The molecule has 0 atom stereocenters. The number of nitrogens with zero attached hydrogens (tertiary/aromatic N) is 2. The lowest BCUT2D eigenvalue weighted by molar-refractivity contribution is -0.0683. The van der Waals surface area contributed by atoms with Gasteiger partial charge in [-0.25, -0.2) is 0 Å². The fourth-order valence-electron chi connectivity index (χ4n) is 2.52. The highest BCUT2D eigenvalue weighted by molar-refractivity contribution is 5.66. The molecule has 0 saturated carbocycles. The Bertz CT molecular complexity index is 432. The van der Waals surface area contributed by atoms with Gasteiger partial charge in [0.1, 0.15) is 5.69 Å². The van der Waals surface area contributed by atoms with Crippen LogP contribution in [0.2, 0.25) is 0 Å². The van der Waals surface area contributed by atoms with E-state index in [2.05, 4.69) is 30.8 Å². The average Bonchev–Trinajstić information content (AvgIpc) is 2.38. The third kappa shape index (κ3) is 3.77. The van der Waals surface area contributed by atoms with Crippen LogP contribution in [-0.4, -0.2) is 24.8 Å². The van der Waals surface area contributed by atoms with Crippen LogP contribution in [0, 0.1) is 4.91 Å². The number of benzene rings is 1. The number of para-hydroxylation sites is 1. The molecular weight excluding hydrogens is 240 g/mol. The van der Waals surface area contributed by atoms with Gasteiger partial charge in [-0.2, -0.15) is 0 Å². The van der Waals surface area contributed by atoms with Crippen molar-refractivity contribution in [2.75, 3.05) is 18.0 Å². The van der Waals surface area contributed by atoms with Crippen LogP contribution in [0.1, 0.15) is 33.6 Å². The molecule has 1 aliphatic rings. The molecule has 1 aromatic carbocycles. The summed E-state index contributed by atoms with van der Waals surface area (Å²) in [5, 5.41) is 3.10. The highest BCUT2D eigenvalue weighted by Crippen LogP contribution is 2.31. The molecule has 1 fully saturated rings. The summed E-state index contributed by atoms with van der Waals surface area (Å²) < 4.78 is 6.01. The molecule has 1 saturated heterocycles. The lowest BCUT2D eigenvalue weighted by Gasteiger charge is -2.36. The zero-order chi connectivity index (χ0) is 13.9. The third-order valence-corrected chi connectivity index (χ3v) is 3.28. The Morgan fingerprint density at radius 1 is 1.21 bits per heavy atom. The van der Waals surface area contributed by atoms with E-state index in [0.29, 0.717) is 11.8 Å². The highest BCUT2D eigenvalue weighted by Gasteiger charge is 2.25. The smallest absolute Gasteiger partial charge is 0.131 e. The van der Waals surface area contributed by atoms with E-state index in [1.807, 2.05) is 18.2 Å². The first-order valence-electron chi connectivity index (χ1n) is 6.85. The van der Waals surface area contributed by atoms with E-state index in [4.69, 9.17) is 4.74 Å². The summed E-state index contributed by atoms with van der Waals surface area (Å²) >= 11 is 0. The van der Waals surface area contributed by atoms with Crippen LogP contribution in [-0.2, 0) is 4.74 Å². The Morgan fingerprint density at radius 3 is 2.42 bits per heavy atom. The number of nitroso groups, excluding NO2 is 1. The molecule has 0 spiro atoms. The van der Waals surface area contributed by atoms with Gasteiger partial charge in [0.15, 0.2) is 0 Å². The maximum absolute atomic E-state index is 10.8. The van der Waals surface area contributed by atoms with E-state index < -0.39 is 0 Å². The summed E-state index contributed by atoms with van der Waals surface area (Å²) in [6.07, 6.45) is 2.29. The van der Waals surface area contributed by atoms with Crippen molar-refractivity contribution < 1.29 is 4.74 Å². The summed E-state index contributed by atoms with van der Waals surface area (Å²) in [7, 11) is 0. The van der Waals surface area contributed by atoms with Crippen LogP contribution >= 0.6 is 0 Å². The molecule has 0 aromatic heterocycles. The maximum Gasteiger partial charge on any atom is 0.131 e. The maximum atomic E-state index is 10.8. The fraction of sp³-hybridized carbons (Fsp3) is 0.600. The first kappa shape index (κ1) is 14.0. The second kappa shape index (κ2) is 5.70. The quantitative estimate of drug-likeness (QED) is 0.776. The number of hydrogen-bond donors (Lipinski definition) is 0. The zero-order valence-electron chi connectivity index (χ0n) is 11.9. The van der Waals surface area contributed by atoms with Crippen molar-refractivity contribution in [3.05, 3.63) is 29.2 Å². The van der Waals surface area contributed by atoms with Crippen LogP contribution in [0.5, 0.6) is 0 Å². The standard InChI is InChI=1S/C15H22N2O2/c1-15(2,3)19-12-8-10-17(11-9-12)14-7-5-4-6-13(14)16-18/h4-7,12H,8-11H2,1-3H3. The van der Waals surface area contributed by atoms with Crippen molar-refractivity contribution in [1.29, 1.82) is 0 Å². The minimum Gasteiger partial charge on any atom is -0.372 e. The predicted molar refractivity (Wildman–Crippen MR) is 78.0 cm³/mol. The number of hydrogen-bond acceptors (Lipinski definition) is 4. The van der Waals surface area contributed by atoms with Gasteiger partial charge in [-0.05, 0) is 50.9 Å². The second-order valence-corrected chi connectivity index (χ2v) is 6.00. The molecule has 1 aliphatic heterocycles. The normalized spacial score (nSPS) is 17.5. The average molecular weight is 262 g/mol. The largest absolute Gasteiger partial charge is 0.372 e. The summed E-state index contributed by atoms with van der Waals surface area (Å²) in [4.78, 5) is 13.0. The molecule has 0 N–H and O–H groups in total. The molecule has 2 rings (SSSR count). The van der Waals surface area contributed by atoms with Gasteiger partial charge in [-0.1, -0.05) is 12.1 Å². The molecule has 19 heavy (non-hydrogen) atoms. The Labute approximate surface area is 114 Å². The molecule has 4 nitrogen and oxygen atoms in total. The van der Waals surface area contributed by atoms with Crippen molar-refractivity contribution in [2.24, 2.45) is 5.18 Å². The van der Waals surface area contributed by atoms with Crippen molar-refractivity contribution in [1.82, 2.24) is 0 Å². The van der Waals surface area contributed by atoms with Crippen LogP contribution in [0.4, 0.5) is 11.4 Å². The topological polar surface area (TPSA) is 41.9 Å². The lowest BCUT2D eigenvalue weighted by Crippen LogP contribution is -2.40. The first-order valence-corrected chi connectivity index (χ1v) is 6.85. The van der Waals surface area contributed by atoms with Gasteiger partial charge in [0.05, 0.1) is 17.4 Å². The van der Waals surface area contributed by atoms with Gasteiger partial charge in [0.2, 0.25) is 0 Å². The van der Waals surface area contributed by atoms with Gasteiger partial charge in [-0.15, -0.1) is 4.91 Å². The Balaban J connectivity index is 1.98. The Kier molecular flexibility index (Phi) is 4.20. The number of piperidine rings is 1. The lowest BCUT2D eigenvalue weighted by atomic mass is 10.0.